The highest BCUT2D eigenvalue weighted by Gasteiger charge is 2.10. The molecule has 0 aliphatic heterocycles. The molecule has 0 radical (unpaired) electrons. The highest BCUT2D eigenvalue weighted by atomic mass is 35.5. The Morgan fingerprint density at radius 1 is 1.32 bits per heavy atom. The molecule has 19 heavy (non-hydrogen) atoms. The lowest BCUT2D eigenvalue weighted by Gasteiger charge is -2.13. The third-order valence-electron chi connectivity index (χ3n) is 1.93. The quantitative estimate of drug-likeness (QED) is 0.410. The molecule has 1 rings (SSSR count). The number of hydrogen-bond donors (Lipinski definition) is 0. The Labute approximate surface area is 129 Å². The van der Waals surface area contributed by atoms with E-state index in [0.717, 1.165) is 5.56 Å². The lowest BCUT2D eigenvalue weighted by Crippen LogP contribution is -2.05. The first kappa shape index (κ1) is 16.4. The molecule has 0 fully saturated rings. The number of nitrogens with zero attached hydrogens (tertiary/aromatic N) is 1. The van der Waals surface area contributed by atoms with Gasteiger partial charge in [-0.15, -0.1) is 0 Å². The minimum absolute atomic E-state index is 0.0643. The lowest BCUT2D eigenvalue weighted by molar-refractivity contribution is 0.363. The molecule has 0 amide bonds. The SMILES string of the molecule is C=CCOc1cc(Cl)c(Cl)cc1/C=N/SC(C)(C)C. The monoisotopic (exact) mass is 317 g/mol. The Morgan fingerprint density at radius 2 is 1.95 bits per heavy atom. The number of halogens is 2. The maximum absolute atomic E-state index is 6.01. The van der Waals surface area contributed by atoms with Crippen LogP contribution in [-0.4, -0.2) is 17.6 Å². The summed E-state index contributed by atoms with van der Waals surface area (Å²) in [6.45, 7) is 10.3. The van der Waals surface area contributed by atoms with E-state index in [0.29, 0.717) is 22.4 Å². The first-order valence-electron chi connectivity index (χ1n) is 5.78. The average molecular weight is 318 g/mol. The van der Waals surface area contributed by atoms with Crippen LogP contribution in [0.4, 0.5) is 0 Å². The van der Waals surface area contributed by atoms with E-state index in [1.54, 1.807) is 24.4 Å². The van der Waals surface area contributed by atoms with E-state index in [1.165, 1.54) is 11.9 Å². The molecule has 1 aromatic carbocycles. The smallest absolute Gasteiger partial charge is 0.130 e. The fraction of sp³-hybridized carbons (Fsp3) is 0.357. The molecule has 0 aliphatic rings. The summed E-state index contributed by atoms with van der Waals surface area (Å²) >= 11 is 13.5. The second-order valence-corrected chi connectivity index (χ2v) is 7.27. The van der Waals surface area contributed by atoms with E-state index < -0.39 is 0 Å². The van der Waals surface area contributed by atoms with Crippen LogP contribution >= 0.6 is 35.1 Å². The van der Waals surface area contributed by atoms with E-state index >= 15 is 0 Å². The summed E-state index contributed by atoms with van der Waals surface area (Å²) in [5.41, 5.74) is 0.799. The van der Waals surface area contributed by atoms with Gasteiger partial charge in [0.2, 0.25) is 0 Å². The minimum Gasteiger partial charge on any atom is -0.489 e. The Bertz CT molecular complexity index is 481. The van der Waals surface area contributed by atoms with Crippen molar-refractivity contribution in [1.82, 2.24) is 0 Å². The Balaban J connectivity index is 2.96. The summed E-state index contributed by atoms with van der Waals surface area (Å²) in [6, 6.07) is 3.44. The second-order valence-electron chi connectivity index (χ2n) is 4.84. The zero-order valence-corrected chi connectivity index (χ0v) is 13.6. The molecule has 0 unspecified atom stereocenters. The van der Waals surface area contributed by atoms with Crippen molar-refractivity contribution < 1.29 is 4.74 Å². The van der Waals surface area contributed by atoms with Crippen LogP contribution in [0.15, 0.2) is 29.2 Å². The van der Waals surface area contributed by atoms with Crippen molar-refractivity contribution in [3.05, 3.63) is 40.4 Å². The van der Waals surface area contributed by atoms with Crippen LogP contribution < -0.4 is 4.74 Å². The average Bonchev–Trinajstić information content (AvgIpc) is 2.30. The van der Waals surface area contributed by atoms with Gasteiger partial charge in [0.1, 0.15) is 12.4 Å². The van der Waals surface area contributed by atoms with Gasteiger partial charge >= 0.3 is 0 Å². The summed E-state index contributed by atoms with van der Waals surface area (Å²) in [5, 5.41) is 0.941. The van der Waals surface area contributed by atoms with Crippen molar-refractivity contribution in [2.45, 2.75) is 25.5 Å². The van der Waals surface area contributed by atoms with Crippen LogP contribution in [0.5, 0.6) is 5.75 Å². The van der Waals surface area contributed by atoms with Gasteiger partial charge in [-0.25, -0.2) is 4.40 Å². The summed E-state index contributed by atoms with van der Waals surface area (Å²) in [4.78, 5) is 0. The van der Waals surface area contributed by atoms with E-state index in [-0.39, 0.29) is 4.75 Å². The number of benzene rings is 1. The van der Waals surface area contributed by atoms with E-state index in [9.17, 15) is 0 Å². The van der Waals surface area contributed by atoms with Crippen molar-refractivity contribution in [1.29, 1.82) is 0 Å². The first-order valence-corrected chi connectivity index (χ1v) is 7.30. The number of ether oxygens (including phenoxy) is 1. The van der Waals surface area contributed by atoms with Crippen LogP contribution in [0.3, 0.4) is 0 Å². The predicted octanol–water partition coefficient (Wildman–Crippen LogP) is 5.42. The summed E-state index contributed by atoms with van der Waals surface area (Å²) in [7, 11) is 0. The van der Waals surface area contributed by atoms with Gasteiger partial charge < -0.3 is 4.74 Å². The van der Waals surface area contributed by atoms with Gasteiger partial charge in [0.15, 0.2) is 0 Å². The molecule has 0 bridgehead atoms. The standard InChI is InChI=1S/C14H17Cl2NOS/c1-5-6-18-13-8-12(16)11(15)7-10(13)9-17-19-14(2,3)4/h5,7-9H,1,6H2,2-4H3/b17-9+. The molecule has 0 atom stereocenters. The molecular weight excluding hydrogens is 301 g/mol. The third-order valence-corrected chi connectivity index (χ3v) is 3.41. The molecule has 0 N–H and O–H groups in total. The maximum atomic E-state index is 6.01. The van der Waals surface area contributed by atoms with Crippen LogP contribution in [-0.2, 0) is 0 Å². The fourth-order valence-electron chi connectivity index (χ4n) is 1.16. The van der Waals surface area contributed by atoms with Crippen LogP contribution in [0.25, 0.3) is 0 Å². The van der Waals surface area contributed by atoms with Gasteiger partial charge in [0.05, 0.1) is 10.0 Å². The van der Waals surface area contributed by atoms with Gasteiger partial charge in [0.25, 0.3) is 0 Å². The van der Waals surface area contributed by atoms with Gasteiger partial charge in [-0.05, 0) is 38.8 Å². The van der Waals surface area contributed by atoms with E-state index in [4.69, 9.17) is 27.9 Å². The summed E-state index contributed by atoms with van der Waals surface area (Å²) < 4.78 is 9.94. The summed E-state index contributed by atoms with van der Waals surface area (Å²) in [5.74, 6) is 0.646. The Morgan fingerprint density at radius 3 is 2.53 bits per heavy atom. The second kappa shape index (κ2) is 7.22. The number of rotatable bonds is 5. The first-order chi connectivity index (χ1) is 8.83. The molecular formula is C14H17Cl2NOS. The molecule has 0 saturated carbocycles. The van der Waals surface area contributed by atoms with Crippen molar-refractivity contribution in [3.8, 4) is 5.75 Å². The largest absolute Gasteiger partial charge is 0.489 e. The van der Waals surface area contributed by atoms with Crippen molar-refractivity contribution in [3.63, 3.8) is 0 Å². The van der Waals surface area contributed by atoms with Gasteiger partial charge in [-0.2, -0.15) is 0 Å². The highest BCUT2D eigenvalue weighted by molar-refractivity contribution is 7.99. The van der Waals surface area contributed by atoms with Crippen LogP contribution in [0.1, 0.15) is 26.3 Å². The van der Waals surface area contributed by atoms with Crippen molar-refractivity contribution in [2.24, 2.45) is 4.40 Å². The molecule has 0 saturated heterocycles. The summed E-state index contributed by atoms with van der Waals surface area (Å²) in [6.07, 6.45) is 3.41. The Kier molecular flexibility index (Phi) is 6.24. The third kappa shape index (κ3) is 5.89. The fourth-order valence-corrected chi connectivity index (χ4v) is 1.97. The zero-order chi connectivity index (χ0) is 14.5. The molecule has 5 heteroatoms. The van der Waals surface area contributed by atoms with Crippen LogP contribution in [0, 0.1) is 0 Å². The van der Waals surface area contributed by atoms with Crippen LogP contribution in [0.2, 0.25) is 10.0 Å². The molecule has 0 aliphatic carbocycles. The molecule has 1 aromatic rings. The molecule has 104 valence electrons. The van der Waals surface area contributed by atoms with E-state index in [1.807, 2.05) is 0 Å². The number of hydrogen-bond acceptors (Lipinski definition) is 3. The lowest BCUT2D eigenvalue weighted by atomic mass is 10.2. The molecule has 0 heterocycles. The highest BCUT2D eigenvalue weighted by Crippen LogP contribution is 2.31. The van der Waals surface area contributed by atoms with Crippen molar-refractivity contribution in [2.75, 3.05) is 6.61 Å². The maximum Gasteiger partial charge on any atom is 0.130 e. The van der Waals surface area contributed by atoms with Gasteiger partial charge in [-0.3, -0.25) is 0 Å². The molecule has 2 nitrogen and oxygen atoms in total. The van der Waals surface area contributed by atoms with Crippen molar-refractivity contribution >= 4 is 41.4 Å². The molecule has 0 spiro atoms. The van der Waals surface area contributed by atoms with Gasteiger partial charge in [0, 0.05) is 22.6 Å². The zero-order valence-electron chi connectivity index (χ0n) is 11.2. The minimum atomic E-state index is 0.0643. The normalized spacial score (nSPS) is 11.8. The predicted molar refractivity (Wildman–Crippen MR) is 87.1 cm³/mol. The Hall–Kier alpha value is -0.640. The van der Waals surface area contributed by atoms with Gasteiger partial charge in [-0.1, -0.05) is 35.9 Å². The van der Waals surface area contributed by atoms with E-state index in [2.05, 4.69) is 31.7 Å². The molecule has 0 aromatic heterocycles. The topological polar surface area (TPSA) is 21.6 Å².